The number of Topliss-reactive ketones (excluding diaryl/α,β-unsaturated/α-hetero) is 1. The summed E-state index contributed by atoms with van der Waals surface area (Å²) in [5.74, 6) is -1.53. The molecule has 0 radical (unpaired) electrons. The minimum absolute atomic E-state index is 0.159. The van der Waals surface area contributed by atoms with Crippen LogP contribution in [0.4, 0.5) is 0 Å². The number of carbonyl (C=O) groups excluding carboxylic acids is 1. The average molecular weight is 344 g/mol. The van der Waals surface area contributed by atoms with Crippen LogP contribution in [0.15, 0.2) is 84.0 Å². The maximum atomic E-state index is 13.8. The lowest BCUT2D eigenvalue weighted by Gasteiger charge is -2.42. The molecule has 1 spiro atoms. The number of allylic oxidation sites excluding steroid dienone is 2. The normalized spacial score (nSPS) is 26.5. The van der Waals surface area contributed by atoms with Crippen LogP contribution in [-0.4, -0.2) is 24.8 Å². The van der Waals surface area contributed by atoms with Crippen LogP contribution in [0.3, 0.4) is 0 Å². The zero-order chi connectivity index (χ0) is 17.6. The largest absolute Gasteiger partial charge is 0.343 e. The van der Waals surface area contributed by atoms with Crippen molar-refractivity contribution in [3.63, 3.8) is 0 Å². The average Bonchev–Trinajstić information content (AvgIpc) is 3.34. The topological polar surface area (TPSA) is 35.5 Å². The molecule has 2 aliphatic carbocycles. The van der Waals surface area contributed by atoms with Gasteiger partial charge in [0.2, 0.25) is 5.79 Å². The van der Waals surface area contributed by atoms with Crippen molar-refractivity contribution in [2.75, 3.05) is 13.2 Å². The predicted molar refractivity (Wildman–Crippen MR) is 98.8 cm³/mol. The quantitative estimate of drug-likeness (QED) is 0.821. The Bertz CT molecular complexity index is 890. The van der Waals surface area contributed by atoms with Crippen LogP contribution < -0.4 is 0 Å². The number of hydrogen-bond donors (Lipinski definition) is 0. The van der Waals surface area contributed by atoms with Crippen molar-refractivity contribution in [3.8, 4) is 0 Å². The van der Waals surface area contributed by atoms with Gasteiger partial charge in [-0.15, -0.1) is 0 Å². The highest BCUT2D eigenvalue weighted by molar-refractivity contribution is 5.98. The fourth-order valence-corrected chi connectivity index (χ4v) is 4.61. The van der Waals surface area contributed by atoms with Crippen molar-refractivity contribution in [2.45, 2.75) is 24.0 Å². The van der Waals surface area contributed by atoms with Crippen LogP contribution in [0.1, 0.15) is 29.4 Å². The number of benzene rings is 2. The van der Waals surface area contributed by atoms with Crippen molar-refractivity contribution in [1.82, 2.24) is 0 Å². The Morgan fingerprint density at radius 3 is 2.12 bits per heavy atom. The van der Waals surface area contributed by atoms with Crippen molar-refractivity contribution >= 4 is 5.78 Å². The smallest absolute Gasteiger partial charge is 0.209 e. The van der Waals surface area contributed by atoms with E-state index in [-0.39, 0.29) is 11.7 Å². The molecule has 2 aromatic rings. The highest BCUT2D eigenvalue weighted by Gasteiger charge is 2.57. The van der Waals surface area contributed by atoms with Crippen LogP contribution in [0.5, 0.6) is 0 Å². The molecule has 0 amide bonds. The minimum Gasteiger partial charge on any atom is -0.343 e. The maximum Gasteiger partial charge on any atom is 0.209 e. The third kappa shape index (κ3) is 2.17. The van der Waals surface area contributed by atoms with Gasteiger partial charge in [-0.1, -0.05) is 72.8 Å². The Kier molecular flexibility index (Phi) is 3.66. The van der Waals surface area contributed by atoms with E-state index >= 15 is 0 Å². The van der Waals surface area contributed by atoms with Gasteiger partial charge in [0.05, 0.1) is 19.1 Å². The Morgan fingerprint density at radius 1 is 0.846 bits per heavy atom. The van der Waals surface area contributed by atoms with Crippen LogP contribution in [0.2, 0.25) is 0 Å². The molecule has 0 N–H and O–H groups in total. The fraction of sp³-hybridized carbons (Fsp3) is 0.261. The molecule has 0 aromatic heterocycles. The van der Waals surface area contributed by atoms with Gasteiger partial charge in [0.15, 0.2) is 5.78 Å². The van der Waals surface area contributed by atoms with Gasteiger partial charge in [-0.3, -0.25) is 4.79 Å². The van der Waals surface area contributed by atoms with E-state index in [1.165, 1.54) is 0 Å². The minimum atomic E-state index is -0.980. The van der Waals surface area contributed by atoms with E-state index in [1.807, 2.05) is 60.7 Å². The SMILES string of the molecule is O=C1C(c2ccccc2)C2=C(C=CC2)C2(OCCO2)C1c1ccccc1. The summed E-state index contributed by atoms with van der Waals surface area (Å²) in [6.45, 7) is 1.02. The molecule has 2 aromatic carbocycles. The molecule has 3 heteroatoms. The lowest BCUT2D eigenvalue weighted by molar-refractivity contribution is -0.162. The van der Waals surface area contributed by atoms with Crippen molar-refractivity contribution in [3.05, 3.63) is 95.1 Å². The van der Waals surface area contributed by atoms with E-state index in [1.54, 1.807) is 0 Å². The van der Waals surface area contributed by atoms with Crippen LogP contribution in [0, 0.1) is 0 Å². The van der Waals surface area contributed by atoms with E-state index in [2.05, 4.69) is 12.2 Å². The lowest BCUT2D eigenvalue weighted by Crippen LogP contribution is -2.48. The molecule has 2 unspecified atom stereocenters. The third-order valence-electron chi connectivity index (χ3n) is 5.62. The molecule has 1 aliphatic heterocycles. The molecule has 3 nitrogen and oxygen atoms in total. The summed E-state index contributed by atoms with van der Waals surface area (Å²) in [5.41, 5.74) is 4.15. The van der Waals surface area contributed by atoms with Gasteiger partial charge < -0.3 is 9.47 Å². The number of carbonyl (C=O) groups is 1. The van der Waals surface area contributed by atoms with E-state index in [0.29, 0.717) is 13.2 Å². The van der Waals surface area contributed by atoms with Crippen LogP contribution >= 0.6 is 0 Å². The summed E-state index contributed by atoms with van der Waals surface area (Å²) in [7, 11) is 0. The second kappa shape index (κ2) is 6.04. The van der Waals surface area contributed by atoms with Gasteiger partial charge in [0.1, 0.15) is 5.92 Å². The highest BCUT2D eigenvalue weighted by atomic mass is 16.7. The van der Waals surface area contributed by atoms with Gasteiger partial charge in [-0.25, -0.2) is 0 Å². The predicted octanol–water partition coefficient (Wildman–Crippen LogP) is 4.14. The molecule has 0 bridgehead atoms. The molecule has 130 valence electrons. The van der Waals surface area contributed by atoms with Crippen molar-refractivity contribution < 1.29 is 14.3 Å². The highest BCUT2D eigenvalue weighted by Crippen LogP contribution is 2.54. The van der Waals surface area contributed by atoms with E-state index in [4.69, 9.17) is 9.47 Å². The number of fused-ring (bicyclic) bond motifs is 1. The Balaban J connectivity index is 1.74. The molecule has 5 rings (SSSR count). The zero-order valence-electron chi connectivity index (χ0n) is 14.4. The molecule has 3 aliphatic rings. The first-order chi connectivity index (χ1) is 12.8. The van der Waals surface area contributed by atoms with E-state index in [0.717, 1.165) is 28.7 Å². The van der Waals surface area contributed by atoms with E-state index < -0.39 is 11.7 Å². The molecule has 1 saturated heterocycles. The molecular weight excluding hydrogens is 324 g/mol. The lowest BCUT2D eigenvalue weighted by atomic mass is 9.68. The van der Waals surface area contributed by atoms with E-state index in [9.17, 15) is 4.79 Å². The number of hydrogen-bond acceptors (Lipinski definition) is 3. The van der Waals surface area contributed by atoms with Gasteiger partial charge in [-0.2, -0.15) is 0 Å². The second-order valence-electron chi connectivity index (χ2n) is 7.00. The molecular formula is C23H20O3. The Morgan fingerprint density at radius 2 is 1.46 bits per heavy atom. The second-order valence-corrected chi connectivity index (χ2v) is 7.00. The molecule has 26 heavy (non-hydrogen) atoms. The van der Waals surface area contributed by atoms with Gasteiger partial charge in [-0.05, 0) is 23.1 Å². The van der Waals surface area contributed by atoms with Gasteiger partial charge >= 0.3 is 0 Å². The fourth-order valence-electron chi connectivity index (χ4n) is 4.61. The third-order valence-corrected chi connectivity index (χ3v) is 5.62. The molecule has 1 heterocycles. The van der Waals surface area contributed by atoms with Crippen LogP contribution in [-0.2, 0) is 14.3 Å². The standard InChI is InChI=1S/C23H20O3/c24-22-20(16-8-3-1-4-9-16)18-12-7-13-19(18)23(25-14-15-26-23)21(22)17-10-5-2-6-11-17/h1-11,13,20-21H,12,14-15H2. The summed E-state index contributed by atoms with van der Waals surface area (Å²) in [5, 5.41) is 0. The summed E-state index contributed by atoms with van der Waals surface area (Å²) >= 11 is 0. The number of ether oxygens (including phenoxy) is 2. The maximum absolute atomic E-state index is 13.8. The van der Waals surface area contributed by atoms with Crippen molar-refractivity contribution in [2.24, 2.45) is 0 Å². The van der Waals surface area contributed by atoms with Gasteiger partial charge in [0, 0.05) is 5.57 Å². The number of rotatable bonds is 2. The first-order valence-electron chi connectivity index (χ1n) is 9.13. The molecule has 0 saturated carbocycles. The summed E-state index contributed by atoms with van der Waals surface area (Å²) in [4.78, 5) is 13.8. The Hall–Kier alpha value is -2.49. The van der Waals surface area contributed by atoms with Gasteiger partial charge in [0.25, 0.3) is 0 Å². The first-order valence-corrected chi connectivity index (χ1v) is 9.13. The first kappa shape index (κ1) is 15.7. The van der Waals surface area contributed by atoms with Crippen LogP contribution in [0.25, 0.3) is 0 Å². The summed E-state index contributed by atoms with van der Waals surface area (Å²) in [6, 6.07) is 20.0. The summed E-state index contributed by atoms with van der Waals surface area (Å²) in [6.07, 6.45) is 4.99. The molecule has 2 atom stereocenters. The zero-order valence-corrected chi connectivity index (χ0v) is 14.4. The number of ketones is 1. The van der Waals surface area contributed by atoms with Crippen molar-refractivity contribution in [1.29, 1.82) is 0 Å². The monoisotopic (exact) mass is 344 g/mol. The summed E-state index contributed by atoms with van der Waals surface area (Å²) < 4.78 is 12.3. The Labute approximate surface area is 152 Å². The molecule has 1 fully saturated rings.